The molecule has 1 aromatic heterocycles. The van der Waals surface area contributed by atoms with E-state index in [9.17, 15) is 0 Å². The van der Waals surface area contributed by atoms with Crippen LogP contribution in [0.25, 0.3) is 10.8 Å². The lowest BCUT2D eigenvalue weighted by Crippen LogP contribution is -2.37. The summed E-state index contributed by atoms with van der Waals surface area (Å²) in [5.41, 5.74) is 0. The molecule has 0 atom stereocenters. The van der Waals surface area contributed by atoms with E-state index >= 15 is 0 Å². The first kappa shape index (κ1) is 17.5. The summed E-state index contributed by atoms with van der Waals surface area (Å²) in [6.07, 6.45) is 9.68. The van der Waals surface area contributed by atoms with Crippen LogP contribution in [-0.2, 0) is 0 Å². The van der Waals surface area contributed by atoms with E-state index in [1.807, 2.05) is 24.4 Å². The lowest BCUT2D eigenvalue weighted by Gasteiger charge is -2.30. The summed E-state index contributed by atoms with van der Waals surface area (Å²) in [7, 11) is 0. The minimum atomic E-state index is 0.268. The van der Waals surface area contributed by atoms with Gasteiger partial charge in [-0.05, 0) is 68.2 Å². The molecule has 1 fully saturated rings. The first-order chi connectivity index (χ1) is 11.6. The molecule has 1 saturated carbocycles. The van der Waals surface area contributed by atoms with Gasteiger partial charge >= 0.3 is 0 Å². The Bertz CT molecular complexity index is 666. The third-order valence-corrected chi connectivity index (χ3v) is 5.11. The number of halogens is 1. The van der Waals surface area contributed by atoms with Crippen LogP contribution < -0.4 is 10.1 Å². The number of aromatic nitrogens is 1. The van der Waals surface area contributed by atoms with Crippen molar-refractivity contribution in [2.45, 2.75) is 58.1 Å². The highest BCUT2D eigenvalue weighted by Gasteiger charge is 2.22. The van der Waals surface area contributed by atoms with E-state index in [-0.39, 0.29) is 6.10 Å². The average Bonchev–Trinajstić information content (AvgIpc) is 2.57. The molecule has 1 aromatic carbocycles. The van der Waals surface area contributed by atoms with Crippen LogP contribution in [0.3, 0.4) is 0 Å². The predicted molar refractivity (Wildman–Crippen MR) is 101 cm³/mol. The second kappa shape index (κ2) is 8.17. The smallest absolute Gasteiger partial charge is 0.138 e. The van der Waals surface area contributed by atoms with Gasteiger partial charge < -0.3 is 10.1 Å². The molecule has 1 aliphatic carbocycles. The van der Waals surface area contributed by atoms with Crippen molar-refractivity contribution < 1.29 is 4.74 Å². The summed E-state index contributed by atoms with van der Waals surface area (Å²) in [4.78, 5) is 4.14. The summed E-state index contributed by atoms with van der Waals surface area (Å²) in [5, 5.41) is 6.53. The Morgan fingerprint density at radius 1 is 1.21 bits per heavy atom. The van der Waals surface area contributed by atoms with Gasteiger partial charge in [-0.15, -0.1) is 0 Å². The maximum Gasteiger partial charge on any atom is 0.138 e. The fourth-order valence-corrected chi connectivity index (χ4v) is 3.53. The van der Waals surface area contributed by atoms with Gasteiger partial charge in [-0.2, -0.15) is 0 Å². The fraction of sp³-hybridized carbons (Fsp3) is 0.550. The van der Waals surface area contributed by atoms with Crippen LogP contribution in [0.2, 0.25) is 5.02 Å². The lowest BCUT2D eigenvalue weighted by atomic mass is 9.92. The van der Waals surface area contributed by atoms with Crippen molar-refractivity contribution in [1.29, 1.82) is 0 Å². The van der Waals surface area contributed by atoms with Crippen LogP contribution in [0.5, 0.6) is 5.75 Å². The van der Waals surface area contributed by atoms with Gasteiger partial charge in [0, 0.05) is 23.8 Å². The first-order valence-electron chi connectivity index (χ1n) is 9.05. The van der Waals surface area contributed by atoms with Gasteiger partial charge in [0.25, 0.3) is 0 Å². The molecule has 0 bridgehead atoms. The van der Waals surface area contributed by atoms with Crippen molar-refractivity contribution >= 4 is 22.4 Å². The quantitative estimate of drug-likeness (QED) is 0.779. The van der Waals surface area contributed by atoms with Gasteiger partial charge in [-0.3, -0.25) is 4.98 Å². The molecular weight excluding hydrogens is 320 g/mol. The normalized spacial score (nSPS) is 21.3. The van der Waals surface area contributed by atoms with Crippen LogP contribution in [0.15, 0.2) is 30.6 Å². The average molecular weight is 347 g/mol. The molecule has 0 radical (unpaired) electrons. The van der Waals surface area contributed by atoms with E-state index in [0.29, 0.717) is 11.1 Å². The number of rotatable bonds is 6. The molecule has 0 unspecified atom stereocenters. The maximum atomic E-state index is 6.38. The summed E-state index contributed by atoms with van der Waals surface area (Å²) >= 11 is 6.38. The largest absolute Gasteiger partial charge is 0.489 e. The number of hydrogen-bond acceptors (Lipinski definition) is 3. The van der Waals surface area contributed by atoms with Crippen LogP contribution in [0.4, 0.5) is 0 Å². The molecule has 1 aliphatic rings. The van der Waals surface area contributed by atoms with Gasteiger partial charge in [-0.1, -0.05) is 25.4 Å². The molecule has 2 aromatic rings. The van der Waals surface area contributed by atoms with E-state index in [1.54, 1.807) is 6.20 Å². The second-order valence-electron chi connectivity index (χ2n) is 7.23. The zero-order chi connectivity index (χ0) is 16.9. The zero-order valence-electron chi connectivity index (χ0n) is 14.6. The van der Waals surface area contributed by atoms with Crippen LogP contribution in [-0.4, -0.2) is 23.7 Å². The molecule has 0 saturated heterocycles. The zero-order valence-corrected chi connectivity index (χ0v) is 15.4. The van der Waals surface area contributed by atoms with Crippen molar-refractivity contribution in [2.24, 2.45) is 5.92 Å². The van der Waals surface area contributed by atoms with Crippen LogP contribution in [0.1, 0.15) is 46.0 Å². The summed E-state index contributed by atoms with van der Waals surface area (Å²) in [6, 6.07) is 6.61. The van der Waals surface area contributed by atoms with Gasteiger partial charge in [0.1, 0.15) is 5.75 Å². The van der Waals surface area contributed by atoms with Crippen molar-refractivity contribution in [3.8, 4) is 5.75 Å². The lowest BCUT2D eigenvalue weighted by molar-refractivity contribution is 0.139. The molecule has 0 aliphatic heterocycles. The Morgan fingerprint density at radius 3 is 2.75 bits per heavy atom. The van der Waals surface area contributed by atoms with Crippen LogP contribution in [0, 0.1) is 5.92 Å². The Hall–Kier alpha value is -1.32. The van der Waals surface area contributed by atoms with E-state index in [2.05, 4.69) is 24.1 Å². The Labute approximate surface area is 149 Å². The van der Waals surface area contributed by atoms with Gasteiger partial charge in [0.2, 0.25) is 0 Å². The summed E-state index contributed by atoms with van der Waals surface area (Å²) < 4.78 is 6.21. The van der Waals surface area contributed by atoms with Gasteiger partial charge in [0.05, 0.1) is 11.1 Å². The Morgan fingerprint density at radius 2 is 2.00 bits per heavy atom. The summed E-state index contributed by atoms with van der Waals surface area (Å²) in [6.45, 7) is 5.67. The second-order valence-corrected chi connectivity index (χ2v) is 7.64. The number of nitrogens with one attached hydrogen (secondary N) is 1. The number of fused-ring (bicyclic) bond motifs is 1. The number of hydrogen-bond donors (Lipinski definition) is 1. The molecule has 3 nitrogen and oxygen atoms in total. The van der Waals surface area contributed by atoms with Crippen molar-refractivity contribution in [1.82, 2.24) is 10.3 Å². The van der Waals surface area contributed by atoms with Crippen molar-refractivity contribution in [3.63, 3.8) is 0 Å². The van der Waals surface area contributed by atoms with E-state index in [0.717, 1.165) is 41.8 Å². The third kappa shape index (κ3) is 4.61. The number of pyridine rings is 1. The molecule has 24 heavy (non-hydrogen) atoms. The number of benzene rings is 1. The van der Waals surface area contributed by atoms with Gasteiger partial charge in [0.15, 0.2) is 0 Å². The first-order valence-corrected chi connectivity index (χ1v) is 9.43. The van der Waals surface area contributed by atoms with E-state index in [4.69, 9.17) is 16.3 Å². The third-order valence-electron chi connectivity index (χ3n) is 4.81. The standard InChI is InChI=1S/C20H27ClN2O/c1-14(2)7-10-23-17-3-5-18(6-4-17)24-20-12-15-8-9-22-13-16(15)11-19(20)21/h8-9,11-14,17-18,23H,3-7,10H2,1-2H3. The highest BCUT2D eigenvalue weighted by Crippen LogP contribution is 2.32. The summed E-state index contributed by atoms with van der Waals surface area (Å²) in [5.74, 6) is 1.56. The topological polar surface area (TPSA) is 34.1 Å². The predicted octanol–water partition coefficient (Wildman–Crippen LogP) is 5.21. The molecule has 1 N–H and O–H groups in total. The molecule has 0 amide bonds. The monoisotopic (exact) mass is 346 g/mol. The molecule has 1 heterocycles. The minimum absolute atomic E-state index is 0.268. The molecule has 3 rings (SSSR count). The van der Waals surface area contributed by atoms with Crippen LogP contribution >= 0.6 is 11.6 Å². The highest BCUT2D eigenvalue weighted by molar-refractivity contribution is 6.32. The molecular formula is C20H27ClN2O. The van der Waals surface area contributed by atoms with Gasteiger partial charge in [-0.25, -0.2) is 0 Å². The maximum absolute atomic E-state index is 6.38. The molecule has 130 valence electrons. The SMILES string of the molecule is CC(C)CCNC1CCC(Oc2cc3ccncc3cc2Cl)CC1. The number of ether oxygens (including phenoxy) is 1. The van der Waals surface area contributed by atoms with E-state index < -0.39 is 0 Å². The Kier molecular flexibility index (Phi) is 5.96. The minimum Gasteiger partial charge on any atom is -0.489 e. The van der Waals surface area contributed by atoms with E-state index in [1.165, 1.54) is 19.3 Å². The molecule has 4 heteroatoms. The molecule has 0 spiro atoms. The number of nitrogens with zero attached hydrogens (tertiary/aromatic N) is 1. The van der Waals surface area contributed by atoms with Crippen molar-refractivity contribution in [3.05, 3.63) is 35.6 Å². The Balaban J connectivity index is 1.53. The van der Waals surface area contributed by atoms with Crippen molar-refractivity contribution in [2.75, 3.05) is 6.54 Å². The fourth-order valence-electron chi connectivity index (χ4n) is 3.32. The highest BCUT2D eigenvalue weighted by atomic mass is 35.5.